The Morgan fingerprint density at radius 2 is 1.72 bits per heavy atom. The van der Waals surface area contributed by atoms with Gasteiger partial charge in [-0.05, 0) is 36.5 Å². The Bertz CT molecular complexity index is 672. The van der Waals surface area contributed by atoms with Crippen LogP contribution in [0.2, 0.25) is 0 Å². The van der Waals surface area contributed by atoms with Crippen molar-refractivity contribution in [2.24, 2.45) is 28.7 Å². The first kappa shape index (κ1) is 28.0. The molecule has 9 nitrogen and oxygen atoms in total. The number of likely N-dealkylation sites (tertiary alicyclic amines) is 1. The van der Waals surface area contributed by atoms with Gasteiger partial charge in [0.1, 0.15) is 6.04 Å². The zero-order valence-corrected chi connectivity index (χ0v) is 20.2. The highest BCUT2D eigenvalue weighted by Gasteiger charge is 2.45. The van der Waals surface area contributed by atoms with Crippen molar-refractivity contribution in [1.82, 2.24) is 10.2 Å². The first-order chi connectivity index (χ1) is 15.0. The van der Waals surface area contributed by atoms with Gasteiger partial charge in [0.05, 0.1) is 12.1 Å². The van der Waals surface area contributed by atoms with E-state index in [2.05, 4.69) is 5.32 Å². The Morgan fingerprint density at radius 1 is 1.12 bits per heavy atom. The summed E-state index contributed by atoms with van der Waals surface area (Å²) in [6, 6.07) is -2.35. The summed E-state index contributed by atoms with van der Waals surface area (Å²) in [5, 5.41) is 9.77. The molecule has 0 aromatic carbocycles. The van der Waals surface area contributed by atoms with Gasteiger partial charge in [0.2, 0.25) is 17.6 Å². The lowest BCUT2D eigenvalue weighted by atomic mass is 9.80. The van der Waals surface area contributed by atoms with Gasteiger partial charge in [-0.1, -0.05) is 53.4 Å². The largest absolute Gasteiger partial charge is 0.400 e. The van der Waals surface area contributed by atoms with Gasteiger partial charge in [-0.3, -0.25) is 19.2 Å². The number of nitrogens with zero attached hydrogens (tertiary/aromatic N) is 1. The Labute approximate surface area is 191 Å². The molecule has 0 bridgehead atoms. The monoisotopic (exact) mass is 454 g/mol. The number of hydrogen-bond donors (Lipinski definition) is 4. The minimum Gasteiger partial charge on any atom is -0.400 e. The second-order valence-electron chi connectivity index (χ2n) is 9.98. The topological polar surface area (TPSA) is 156 Å². The molecule has 2 unspecified atom stereocenters. The predicted octanol–water partition coefficient (Wildman–Crippen LogP) is 0.715. The van der Waals surface area contributed by atoms with E-state index in [0.717, 1.165) is 39.2 Å². The number of nitrogens with one attached hydrogen (secondary N) is 1. The molecule has 1 aliphatic heterocycles. The lowest BCUT2D eigenvalue weighted by Crippen LogP contribution is -2.58. The fraction of sp³-hybridized carbons (Fsp3) is 0.826. The molecule has 6 N–H and O–H groups in total. The van der Waals surface area contributed by atoms with E-state index in [1.54, 1.807) is 4.90 Å². The van der Waals surface area contributed by atoms with E-state index >= 15 is 0 Å². The molecular weight excluding hydrogens is 412 g/mol. The van der Waals surface area contributed by atoms with Crippen molar-refractivity contribution in [2.45, 2.75) is 90.8 Å². The van der Waals surface area contributed by atoms with Crippen LogP contribution >= 0.6 is 0 Å². The Balaban J connectivity index is 0.00000249. The smallest absolute Gasteiger partial charge is 0.287 e. The maximum Gasteiger partial charge on any atom is 0.287 e. The van der Waals surface area contributed by atoms with Crippen LogP contribution in [0.5, 0.6) is 0 Å². The van der Waals surface area contributed by atoms with Gasteiger partial charge in [0.25, 0.3) is 5.91 Å². The molecule has 2 rings (SSSR count). The van der Waals surface area contributed by atoms with Crippen molar-refractivity contribution < 1.29 is 24.3 Å². The van der Waals surface area contributed by atoms with Gasteiger partial charge in [-0.2, -0.15) is 0 Å². The van der Waals surface area contributed by atoms with Crippen molar-refractivity contribution >= 4 is 23.5 Å². The summed E-state index contributed by atoms with van der Waals surface area (Å²) in [4.78, 5) is 51.8. The van der Waals surface area contributed by atoms with Crippen molar-refractivity contribution in [3.05, 3.63) is 0 Å². The van der Waals surface area contributed by atoms with Crippen LogP contribution in [0, 0.1) is 17.3 Å². The molecule has 0 radical (unpaired) electrons. The summed E-state index contributed by atoms with van der Waals surface area (Å²) < 4.78 is 0. The minimum atomic E-state index is -1.04. The summed E-state index contributed by atoms with van der Waals surface area (Å²) in [5.41, 5.74) is 11.0. The highest BCUT2D eigenvalue weighted by Crippen LogP contribution is 2.33. The number of aliphatic hydroxyl groups excluding tert-OH is 1. The third-order valence-electron chi connectivity index (χ3n) is 6.60. The summed E-state index contributed by atoms with van der Waals surface area (Å²) >= 11 is 0. The van der Waals surface area contributed by atoms with Crippen LogP contribution in [0.4, 0.5) is 0 Å². The predicted molar refractivity (Wildman–Crippen MR) is 122 cm³/mol. The van der Waals surface area contributed by atoms with E-state index in [1.165, 1.54) is 0 Å². The van der Waals surface area contributed by atoms with Crippen LogP contribution in [0.3, 0.4) is 0 Å². The molecule has 3 amide bonds. The molecule has 2 fully saturated rings. The fourth-order valence-corrected chi connectivity index (χ4v) is 4.40. The van der Waals surface area contributed by atoms with E-state index < -0.39 is 35.2 Å². The first-order valence-electron chi connectivity index (χ1n) is 11.6. The van der Waals surface area contributed by atoms with Gasteiger partial charge in [0.15, 0.2) is 0 Å². The zero-order valence-electron chi connectivity index (χ0n) is 20.2. The standard InChI is InChI=1S/C22H38N4O4.CH4O/c1-5-7-14-10-11-26(21(30)18(23)22(2,3)4)16(14)20(29)25-15(17(27)19(24)28)12-13-8-6-9-13;1-2/h13-16,18H,5-12,23H2,1-4H3,(H2,24,28)(H,25,29);2H,1H3/t14-,15?,16?,18+;/m0./s1. The highest BCUT2D eigenvalue weighted by atomic mass is 16.2. The molecule has 1 saturated heterocycles. The maximum atomic E-state index is 13.3. The number of rotatable bonds is 9. The van der Waals surface area contributed by atoms with Gasteiger partial charge in [-0.25, -0.2) is 0 Å². The molecule has 0 aromatic heterocycles. The molecular formula is C23H42N4O5. The summed E-state index contributed by atoms with van der Waals surface area (Å²) in [5.74, 6) is -2.15. The van der Waals surface area contributed by atoms with Crippen LogP contribution in [-0.4, -0.2) is 65.3 Å². The number of amides is 3. The Hall–Kier alpha value is -2.00. The zero-order chi connectivity index (χ0) is 24.6. The second-order valence-corrected chi connectivity index (χ2v) is 9.98. The molecule has 1 saturated carbocycles. The molecule has 1 heterocycles. The first-order valence-corrected chi connectivity index (χ1v) is 11.6. The summed E-state index contributed by atoms with van der Waals surface area (Å²) in [6.07, 6.45) is 5.85. The van der Waals surface area contributed by atoms with Crippen molar-refractivity contribution in [2.75, 3.05) is 13.7 Å². The average molecular weight is 455 g/mol. The van der Waals surface area contributed by atoms with Crippen LogP contribution in [0.1, 0.15) is 72.6 Å². The second kappa shape index (κ2) is 12.3. The molecule has 32 heavy (non-hydrogen) atoms. The fourth-order valence-electron chi connectivity index (χ4n) is 4.40. The van der Waals surface area contributed by atoms with Gasteiger partial charge in [0, 0.05) is 13.7 Å². The number of aliphatic hydroxyl groups is 1. The SMILES string of the molecule is CCC[C@H]1CCN(C(=O)[C@@H](N)C(C)(C)C)C1C(=O)NC(CC1CCC1)C(=O)C(N)=O.CO. The molecule has 2 aliphatic rings. The summed E-state index contributed by atoms with van der Waals surface area (Å²) in [6.45, 7) is 8.18. The highest BCUT2D eigenvalue weighted by molar-refractivity contribution is 6.37. The van der Waals surface area contributed by atoms with Crippen molar-refractivity contribution in [1.29, 1.82) is 0 Å². The molecule has 4 atom stereocenters. The number of hydrogen-bond acceptors (Lipinski definition) is 6. The van der Waals surface area contributed by atoms with Gasteiger partial charge in [-0.15, -0.1) is 0 Å². The summed E-state index contributed by atoms with van der Waals surface area (Å²) in [7, 11) is 1.00. The molecule has 0 spiro atoms. The molecule has 184 valence electrons. The van der Waals surface area contributed by atoms with E-state index in [0.29, 0.717) is 25.3 Å². The van der Waals surface area contributed by atoms with E-state index in [9.17, 15) is 19.2 Å². The van der Waals surface area contributed by atoms with Crippen LogP contribution in [-0.2, 0) is 19.2 Å². The number of carbonyl (C=O) groups is 4. The third kappa shape index (κ3) is 7.00. The molecule has 0 aromatic rings. The van der Waals surface area contributed by atoms with Crippen molar-refractivity contribution in [3.63, 3.8) is 0 Å². The Morgan fingerprint density at radius 3 is 2.16 bits per heavy atom. The van der Waals surface area contributed by atoms with Gasteiger partial charge >= 0.3 is 0 Å². The molecule has 1 aliphatic carbocycles. The molecule has 9 heteroatoms. The number of carbonyl (C=O) groups excluding carboxylic acids is 4. The van der Waals surface area contributed by atoms with Crippen LogP contribution in [0.25, 0.3) is 0 Å². The maximum absolute atomic E-state index is 13.3. The Kier molecular flexibility index (Phi) is 10.8. The van der Waals surface area contributed by atoms with Crippen molar-refractivity contribution in [3.8, 4) is 0 Å². The van der Waals surface area contributed by atoms with E-state index in [4.69, 9.17) is 16.6 Å². The van der Waals surface area contributed by atoms with Crippen LogP contribution in [0.15, 0.2) is 0 Å². The number of Topliss-reactive ketones (excluding diaryl/α,β-unsaturated/α-hetero) is 1. The van der Waals surface area contributed by atoms with Crippen LogP contribution < -0.4 is 16.8 Å². The van der Waals surface area contributed by atoms with E-state index in [-0.39, 0.29) is 17.7 Å². The lowest BCUT2D eigenvalue weighted by molar-refractivity contribution is -0.144. The average Bonchev–Trinajstić information content (AvgIpc) is 3.12. The third-order valence-corrected chi connectivity index (χ3v) is 6.60. The number of primary amides is 1. The minimum absolute atomic E-state index is 0.000786. The number of ketones is 1. The number of nitrogens with two attached hydrogens (primary N) is 2. The lowest BCUT2D eigenvalue weighted by Gasteiger charge is -2.35. The normalized spacial score (nSPS) is 22.8. The quantitative estimate of drug-likeness (QED) is 0.376. The van der Waals surface area contributed by atoms with Gasteiger partial charge < -0.3 is 26.8 Å². The van der Waals surface area contributed by atoms with E-state index in [1.807, 2.05) is 27.7 Å².